The highest BCUT2D eigenvalue weighted by atomic mass is 19.4. The molecule has 8 heteroatoms. The van der Waals surface area contributed by atoms with Crippen molar-refractivity contribution in [3.05, 3.63) is 70.1 Å². The highest BCUT2D eigenvalue weighted by molar-refractivity contribution is 5.78. The topological polar surface area (TPSA) is 53.2 Å². The Bertz CT molecular complexity index is 1050. The predicted octanol–water partition coefficient (Wildman–Crippen LogP) is 3.66. The maximum Gasteiger partial charge on any atom is 0.416 e. The summed E-state index contributed by atoms with van der Waals surface area (Å²) in [5.41, 5.74) is -0.205. The van der Waals surface area contributed by atoms with Crippen LogP contribution < -0.4 is 5.69 Å². The number of aromatic nitrogens is 2. The van der Waals surface area contributed by atoms with Crippen LogP contribution in [0, 0.1) is 0 Å². The number of alkyl halides is 3. The second kappa shape index (κ2) is 6.94. The second-order valence-electron chi connectivity index (χ2n) is 6.13. The molecule has 3 rings (SSSR count). The number of para-hydroxylation sites is 2. The van der Waals surface area contributed by atoms with Crippen molar-refractivity contribution in [2.24, 2.45) is 7.05 Å². The summed E-state index contributed by atoms with van der Waals surface area (Å²) in [4.78, 5) is 24.6. The van der Waals surface area contributed by atoms with Crippen molar-refractivity contribution in [1.29, 1.82) is 0 Å². The van der Waals surface area contributed by atoms with Gasteiger partial charge in [-0.25, -0.2) is 4.79 Å². The molecule has 0 fully saturated rings. The fraction of sp³-hybridized carbons (Fsp3) is 0.263. The van der Waals surface area contributed by atoms with Crippen molar-refractivity contribution in [1.82, 2.24) is 9.13 Å². The molecular weight excluding hydrogens is 361 g/mol. The van der Waals surface area contributed by atoms with Crippen LogP contribution in [0.4, 0.5) is 13.2 Å². The van der Waals surface area contributed by atoms with Gasteiger partial charge in [0.2, 0.25) is 0 Å². The van der Waals surface area contributed by atoms with Gasteiger partial charge < -0.3 is 4.74 Å². The number of fused-ring (bicyclic) bond motifs is 1. The lowest BCUT2D eigenvalue weighted by Crippen LogP contribution is -2.27. The van der Waals surface area contributed by atoms with Crippen LogP contribution >= 0.6 is 0 Å². The molecule has 5 nitrogen and oxygen atoms in total. The van der Waals surface area contributed by atoms with Gasteiger partial charge in [0.15, 0.2) is 0 Å². The van der Waals surface area contributed by atoms with E-state index in [4.69, 9.17) is 4.74 Å². The standard InChI is InChI=1S/C19H17F3N2O3/c1-12(13-7-3-4-8-14(13)19(20,21)22)27-17(25)11-24-16-10-6-5-9-15(16)23(2)18(24)26/h3-10,12H,11H2,1-2H3/t12-/m0/s1. The Kier molecular flexibility index (Phi) is 4.82. The molecule has 27 heavy (non-hydrogen) atoms. The third kappa shape index (κ3) is 3.60. The molecule has 3 aromatic rings. The first-order valence-corrected chi connectivity index (χ1v) is 8.20. The van der Waals surface area contributed by atoms with Gasteiger partial charge in [0.25, 0.3) is 0 Å². The monoisotopic (exact) mass is 378 g/mol. The molecule has 0 aliphatic rings. The SMILES string of the molecule is C[C@H](OC(=O)Cn1c(=O)n(C)c2ccccc21)c1ccccc1C(F)(F)F. The van der Waals surface area contributed by atoms with E-state index in [1.807, 2.05) is 0 Å². The van der Waals surface area contributed by atoms with E-state index in [1.54, 1.807) is 31.3 Å². The number of imidazole rings is 1. The van der Waals surface area contributed by atoms with E-state index in [0.717, 1.165) is 6.07 Å². The molecule has 142 valence electrons. The van der Waals surface area contributed by atoms with Crippen LogP contribution in [0.2, 0.25) is 0 Å². The van der Waals surface area contributed by atoms with Crippen molar-refractivity contribution >= 4 is 17.0 Å². The van der Waals surface area contributed by atoms with Crippen LogP contribution in [0.3, 0.4) is 0 Å². The van der Waals surface area contributed by atoms with Gasteiger partial charge in [0.05, 0.1) is 16.6 Å². The molecule has 0 unspecified atom stereocenters. The largest absolute Gasteiger partial charge is 0.456 e. The quantitative estimate of drug-likeness (QED) is 0.651. The molecule has 1 heterocycles. The molecule has 0 radical (unpaired) electrons. The van der Waals surface area contributed by atoms with Crippen LogP contribution in [0.15, 0.2) is 53.3 Å². The number of benzene rings is 2. The number of halogens is 3. The van der Waals surface area contributed by atoms with Crippen molar-refractivity contribution in [2.45, 2.75) is 25.7 Å². The van der Waals surface area contributed by atoms with Crippen molar-refractivity contribution in [3.8, 4) is 0 Å². The number of carbonyl (C=O) groups is 1. The average Bonchev–Trinajstić information content (AvgIpc) is 2.86. The number of hydrogen-bond donors (Lipinski definition) is 0. The van der Waals surface area contributed by atoms with E-state index in [-0.39, 0.29) is 5.56 Å². The van der Waals surface area contributed by atoms with Crippen LogP contribution in [-0.2, 0) is 29.3 Å². The molecule has 1 aromatic heterocycles. The smallest absolute Gasteiger partial charge is 0.416 e. The van der Waals surface area contributed by atoms with Crippen molar-refractivity contribution in [3.63, 3.8) is 0 Å². The van der Waals surface area contributed by atoms with Crippen molar-refractivity contribution < 1.29 is 22.7 Å². The van der Waals surface area contributed by atoms with E-state index in [1.165, 1.54) is 34.3 Å². The third-order valence-corrected chi connectivity index (χ3v) is 4.35. The molecule has 1 atom stereocenters. The number of esters is 1. The van der Waals surface area contributed by atoms with Gasteiger partial charge in [0, 0.05) is 12.6 Å². The van der Waals surface area contributed by atoms with Gasteiger partial charge in [-0.3, -0.25) is 13.9 Å². The lowest BCUT2D eigenvalue weighted by atomic mass is 10.0. The summed E-state index contributed by atoms with van der Waals surface area (Å²) >= 11 is 0. The molecule has 0 aliphatic heterocycles. The Labute approximate surface area is 152 Å². The van der Waals surface area contributed by atoms with Gasteiger partial charge in [-0.15, -0.1) is 0 Å². The minimum atomic E-state index is -4.55. The highest BCUT2D eigenvalue weighted by Gasteiger charge is 2.35. The van der Waals surface area contributed by atoms with Gasteiger partial charge in [-0.1, -0.05) is 30.3 Å². The van der Waals surface area contributed by atoms with E-state index < -0.39 is 36.0 Å². The normalized spacial score (nSPS) is 12.9. The molecule has 0 aliphatic carbocycles. The molecule has 0 amide bonds. The van der Waals surface area contributed by atoms with Crippen LogP contribution in [-0.4, -0.2) is 15.1 Å². The summed E-state index contributed by atoms with van der Waals surface area (Å²) in [5, 5.41) is 0. The highest BCUT2D eigenvalue weighted by Crippen LogP contribution is 2.35. The fourth-order valence-corrected chi connectivity index (χ4v) is 3.05. The van der Waals surface area contributed by atoms with Crippen molar-refractivity contribution in [2.75, 3.05) is 0 Å². The Balaban J connectivity index is 1.84. The summed E-state index contributed by atoms with van der Waals surface area (Å²) < 4.78 is 47.2. The third-order valence-electron chi connectivity index (χ3n) is 4.35. The Morgan fingerprint density at radius 1 is 1.07 bits per heavy atom. The van der Waals surface area contributed by atoms with Gasteiger partial charge in [-0.2, -0.15) is 13.2 Å². The summed E-state index contributed by atoms with van der Waals surface area (Å²) in [6.07, 6.45) is -5.66. The minimum absolute atomic E-state index is 0.136. The zero-order valence-corrected chi connectivity index (χ0v) is 14.7. The van der Waals surface area contributed by atoms with Crippen LogP contribution in [0.25, 0.3) is 11.0 Å². The van der Waals surface area contributed by atoms with Gasteiger partial charge in [0.1, 0.15) is 12.6 Å². The number of aryl methyl sites for hydroxylation is 1. The summed E-state index contributed by atoms with van der Waals surface area (Å²) in [6, 6.07) is 11.8. The summed E-state index contributed by atoms with van der Waals surface area (Å²) in [6.45, 7) is 0.979. The van der Waals surface area contributed by atoms with Crippen LogP contribution in [0.1, 0.15) is 24.2 Å². The Morgan fingerprint density at radius 3 is 2.33 bits per heavy atom. The summed E-state index contributed by atoms with van der Waals surface area (Å²) in [7, 11) is 1.58. The number of ether oxygens (including phenoxy) is 1. The fourth-order valence-electron chi connectivity index (χ4n) is 3.05. The first kappa shape index (κ1) is 18.8. The van der Waals surface area contributed by atoms with E-state index in [0.29, 0.717) is 11.0 Å². The maximum atomic E-state index is 13.1. The number of hydrogen-bond acceptors (Lipinski definition) is 3. The van der Waals surface area contributed by atoms with E-state index in [2.05, 4.69) is 0 Å². The minimum Gasteiger partial charge on any atom is -0.456 e. The predicted molar refractivity (Wildman–Crippen MR) is 93.1 cm³/mol. The molecule has 0 N–H and O–H groups in total. The Morgan fingerprint density at radius 2 is 1.67 bits per heavy atom. The van der Waals surface area contributed by atoms with Gasteiger partial charge in [-0.05, 0) is 25.1 Å². The van der Waals surface area contributed by atoms with E-state index in [9.17, 15) is 22.8 Å². The number of carbonyl (C=O) groups excluding carboxylic acids is 1. The first-order chi connectivity index (χ1) is 12.7. The average molecular weight is 378 g/mol. The zero-order chi connectivity index (χ0) is 19.8. The summed E-state index contributed by atoms with van der Waals surface area (Å²) in [5.74, 6) is -0.794. The number of nitrogens with zero attached hydrogens (tertiary/aromatic N) is 2. The van der Waals surface area contributed by atoms with E-state index >= 15 is 0 Å². The molecule has 0 bridgehead atoms. The molecule has 0 spiro atoms. The molecule has 2 aromatic carbocycles. The lowest BCUT2D eigenvalue weighted by Gasteiger charge is -2.19. The second-order valence-corrected chi connectivity index (χ2v) is 6.13. The zero-order valence-electron chi connectivity index (χ0n) is 14.7. The Hall–Kier alpha value is -3.03. The lowest BCUT2D eigenvalue weighted by molar-refractivity contribution is -0.152. The van der Waals surface area contributed by atoms with Crippen LogP contribution in [0.5, 0.6) is 0 Å². The molecule has 0 saturated heterocycles. The maximum absolute atomic E-state index is 13.1. The molecule has 0 saturated carbocycles. The first-order valence-electron chi connectivity index (χ1n) is 8.20. The molecular formula is C19H17F3N2O3. The van der Waals surface area contributed by atoms with Gasteiger partial charge >= 0.3 is 17.8 Å². The number of rotatable bonds is 4.